The summed E-state index contributed by atoms with van der Waals surface area (Å²) in [7, 11) is 0. The maximum absolute atomic E-state index is 13.2. The molecule has 1 aromatic heterocycles. The highest BCUT2D eigenvalue weighted by Crippen LogP contribution is 2.44. The number of rotatable bonds is 3. The number of nitrogens with one attached hydrogen (secondary N) is 1. The van der Waals surface area contributed by atoms with Crippen LogP contribution in [-0.2, 0) is 12.8 Å². The zero-order valence-electron chi connectivity index (χ0n) is 17.6. The summed E-state index contributed by atoms with van der Waals surface area (Å²) < 4.78 is 0. The van der Waals surface area contributed by atoms with Gasteiger partial charge < -0.3 is 5.11 Å². The number of ketones is 1. The molecule has 2 heterocycles. The Morgan fingerprint density at radius 1 is 1.09 bits per heavy atom. The molecule has 0 radical (unpaired) electrons. The third-order valence-electron chi connectivity index (χ3n) is 6.06. The maximum Gasteiger partial charge on any atom is 0.188 e. The predicted molar refractivity (Wildman–Crippen MR) is 128 cm³/mol. The lowest BCUT2D eigenvalue weighted by Gasteiger charge is -2.19. The highest BCUT2D eigenvalue weighted by Gasteiger charge is 2.38. The van der Waals surface area contributed by atoms with Crippen molar-refractivity contribution in [1.82, 2.24) is 0 Å². The zero-order valence-corrected chi connectivity index (χ0v) is 18.4. The number of nitrogens with zero attached hydrogens (tertiary/aromatic N) is 3. The molecule has 1 aliphatic carbocycles. The van der Waals surface area contributed by atoms with Crippen LogP contribution in [0, 0.1) is 28.1 Å². The summed E-state index contributed by atoms with van der Waals surface area (Å²) >= 11 is 1.39. The molecular weight excluding hydrogens is 432 g/mol. The van der Waals surface area contributed by atoms with Crippen LogP contribution < -0.4 is 4.90 Å². The fourth-order valence-corrected chi connectivity index (χ4v) is 5.76. The van der Waals surface area contributed by atoms with Crippen molar-refractivity contribution in [1.29, 1.82) is 15.9 Å². The zero-order chi connectivity index (χ0) is 23.1. The quantitative estimate of drug-likeness (QED) is 0.401. The molecule has 7 heteroatoms. The second-order valence-electron chi connectivity index (χ2n) is 7.98. The van der Waals surface area contributed by atoms with Crippen LogP contribution in [0.15, 0.2) is 65.6 Å². The number of aliphatic hydroxyl groups excluding tert-OH is 1. The highest BCUT2D eigenvalue weighted by atomic mass is 32.1. The van der Waals surface area contributed by atoms with Gasteiger partial charge in [0.15, 0.2) is 17.4 Å². The van der Waals surface area contributed by atoms with Gasteiger partial charge in [0.2, 0.25) is 0 Å². The minimum absolute atomic E-state index is 0.0461. The molecule has 0 unspecified atom stereocenters. The van der Waals surface area contributed by atoms with Gasteiger partial charge in [-0.3, -0.25) is 15.1 Å². The molecule has 0 amide bonds. The van der Waals surface area contributed by atoms with E-state index in [9.17, 15) is 20.4 Å². The number of allylic oxidation sites excluding steroid dienone is 1. The monoisotopic (exact) mass is 450 g/mol. The van der Waals surface area contributed by atoms with E-state index in [2.05, 4.69) is 6.07 Å². The minimum atomic E-state index is -0.424. The van der Waals surface area contributed by atoms with Crippen molar-refractivity contribution in [3.8, 4) is 12.1 Å². The molecule has 3 aromatic rings. The van der Waals surface area contributed by atoms with Crippen molar-refractivity contribution in [3.63, 3.8) is 0 Å². The Morgan fingerprint density at radius 3 is 2.61 bits per heavy atom. The Morgan fingerprint density at radius 2 is 1.85 bits per heavy atom. The van der Waals surface area contributed by atoms with Crippen LogP contribution in [0.5, 0.6) is 0 Å². The smallest absolute Gasteiger partial charge is 0.188 e. The van der Waals surface area contributed by atoms with Gasteiger partial charge in [-0.2, -0.15) is 10.5 Å². The van der Waals surface area contributed by atoms with Gasteiger partial charge in [0.25, 0.3) is 0 Å². The molecule has 2 aromatic carbocycles. The number of fused-ring (bicyclic) bond motifs is 2. The van der Waals surface area contributed by atoms with Crippen LogP contribution in [-0.4, -0.2) is 16.7 Å². The van der Waals surface area contributed by atoms with Crippen LogP contribution in [0.1, 0.15) is 39.2 Å². The number of thiophene rings is 1. The number of benzene rings is 2. The molecule has 2 N–H and O–H groups in total. The molecule has 33 heavy (non-hydrogen) atoms. The molecule has 0 fully saturated rings. The first-order valence-corrected chi connectivity index (χ1v) is 11.4. The Kier molecular flexibility index (Phi) is 5.05. The number of anilines is 1. The van der Waals surface area contributed by atoms with E-state index in [0.29, 0.717) is 16.1 Å². The average Bonchev–Trinajstić information content (AvgIpc) is 3.32. The molecule has 1 aliphatic heterocycles. The number of carbonyl (C=O) groups excluding carboxylic acids is 1. The Labute approximate surface area is 194 Å². The SMILES string of the molecule is N#CC1=C(O)C(=CC(=O)c2ccc3ccccc3c2)N(c2sc3c(c2C#N)CCCC3)C1=N. The van der Waals surface area contributed by atoms with Gasteiger partial charge in [-0.05, 0) is 48.1 Å². The number of aryl methyl sites for hydroxylation is 1. The molecular formula is C26H18N4O2S. The molecule has 2 aliphatic rings. The summed E-state index contributed by atoms with van der Waals surface area (Å²) in [5, 5.41) is 41.1. The van der Waals surface area contributed by atoms with E-state index in [0.717, 1.165) is 46.9 Å². The largest absolute Gasteiger partial charge is 0.504 e. The van der Waals surface area contributed by atoms with E-state index >= 15 is 0 Å². The van der Waals surface area contributed by atoms with E-state index in [1.54, 1.807) is 12.1 Å². The lowest BCUT2D eigenvalue weighted by molar-refractivity contribution is 0.104. The van der Waals surface area contributed by atoms with Crippen molar-refractivity contribution in [2.45, 2.75) is 25.7 Å². The number of carbonyl (C=O) groups is 1. The second-order valence-corrected chi connectivity index (χ2v) is 9.06. The Hall–Kier alpha value is -4.20. The number of hydrogen-bond donors (Lipinski definition) is 2. The van der Waals surface area contributed by atoms with E-state index < -0.39 is 5.76 Å². The Balaban J connectivity index is 1.63. The van der Waals surface area contributed by atoms with Crippen molar-refractivity contribution >= 4 is 38.7 Å². The van der Waals surface area contributed by atoms with E-state index in [-0.39, 0.29) is 22.9 Å². The summed E-state index contributed by atoms with van der Waals surface area (Å²) in [4.78, 5) is 15.6. The van der Waals surface area contributed by atoms with E-state index in [1.165, 1.54) is 22.3 Å². The molecule has 0 saturated carbocycles. The van der Waals surface area contributed by atoms with Gasteiger partial charge in [-0.1, -0.05) is 36.4 Å². The summed E-state index contributed by atoms with van der Waals surface area (Å²) in [6, 6.07) is 17.1. The highest BCUT2D eigenvalue weighted by molar-refractivity contribution is 7.16. The van der Waals surface area contributed by atoms with Crippen LogP contribution >= 0.6 is 11.3 Å². The van der Waals surface area contributed by atoms with Crippen LogP contribution in [0.4, 0.5) is 5.00 Å². The van der Waals surface area contributed by atoms with E-state index in [1.807, 2.05) is 36.4 Å². The standard InChI is InChI=1S/C26H18N4O2S/c27-13-19-18-7-3-4-8-23(18)33-26(19)30-21(24(32)20(14-28)25(30)29)12-22(31)17-10-9-15-5-1-2-6-16(15)11-17/h1-2,5-6,9-12,29,32H,3-4,7-8H2. The summed E-state index contributed by atoms with van der Waals surface area (Å²) in [5.41, 5.74) is 1.68. The van der Waals surface area contributed by atoms with Crippen molar-refractivity contribution < 1.29 is 9.90 Å². The number of amidine groups is 1. The summed E-state index contributed by atoms with van der Waals surface area (Å²) in [6.07, 6.45) is 4.92. The predicted octanol–water partition coefficient (Wildman–Crippen LogP) is 5.55. The topological polar surface area (TPSA) is 112 Å². The molecule has 6 nitrogen and oxygen atoms in total. The summed E-state index contributed by atoms with van der Waals surface area (Å²) in [6.45, 7) is 0. The van der Waals surface area contributed by atoms with Crippen LogP contribution in [0.25, 0.3) is 10.8 Å². The Bertz CT molecular complexity index is 1500. The van der Waals surface area contributed by atoms with Gasteiger partial charge in [0, 0.05) is 16.5 Å². The van der Waals surface area contributed by atoms with Gasteiger partial charge in [-0.25, -0.2) is 0 Å². The number of aliphatic hydroxyl groups is 1. The molecule has 0 saturated heterocycles. The molecule has 5 rings (SSSR count). The molecule has 0 atom stereocenters. The van der Waals surface area contributed by atoms with Crippen molar-refractivity contribution in [3.05, 3.63) is 87.1 Å². The first-order valence-electron chi connectivity index (χ1n) is 10.6. The summed E-state index contributed by atoms with van der Waals surface area (Å²) in [5.74, 6) is -1.02. The van der Waals surface area contributed by atoms with Gasteiger partial charge >= 0.3 is 0 Å². The molecule has 160 valence electrons. The molecule has 0 bridgehead atoms. The fraction of sp³-hybridized carbons (Fsp3) is 0.154. The lowest BCUT2D eigenvalue weighted by Crippen LogP contribution is -2.25. The number of hydrogen-bond acceptors (Lipinski definition) is 6. The fourth-order valence-electron chi connectivity index (χ4n) is 4.40. The van der Waals surface area contributed by atoms with Gasteiger partial charge in [-0.15, -0.1) is 11.3 Å². The first-order chi connectivity index (χ1) is 16.0. The third kappa shape index (κ3) is 3.31. The van der Waals surface area contributed by atoms with Gasteiger partial charge in [0.1, 0.15) is 22.7 Å². The second kappa shape index (κ2) is 8.05. The van der Waals surface area contributed by atoms with E-state index in [4.69, 9.17) is 5.41 Å². The van der Waals surface area contributed by atoms with Gasteiger partial charge in [0.05, 0.1) is 11.3 Å². The molecule has 0 spiro atoms. The minimum Gasteiger partial charge on any atom is -0.504 e. The van der Waals surface area contributed by atoms with Crippen LogP contribution in [0.3, 0.4) is 0 Å². The van der Waals surface area contributed by atoms with Crippen molar-refractivity contribution in [2.24, 2.45) is 0 Å². The number of nitriles is 2. The third-order valence-corrected chi connectivity index (χ3v) is 7.34. The maximum atomic E-state index is 13.2. The first kappa shape index (κ1) is 20.7. The lowest BCUT2D eigenvalue weighted by atomic mass is 9.96. The van der Waals surface area contributed by atoms with Crippen molar-refractivity contribution in [2.75, 3.05) is 4.90 Å². The average molecular weight is 451 g/mol. The van der Waals surface area contributed by atoms with Crippen LogP contribution in [0.2, 0.25) is 0 Å². The normalized spacial score (nSPS) is 16.7.